The Morgan fingerprint density at radius 3 is 2.78 bits per heavy atom. The van der Waals surface area contributed by atoms with Gasteiger partial charge in [0.05, 0.1) is 0 Å². The number of primary amides is 1. The van der Waals surface area contributed by atoms with E-state index in [9.17, 15) is 4.79 Å². The van der Waals surface area contributed by atoms with Gasteiger partial charge in [0.15, 0.2) is 0 Å². The van der Waals surface area contributed by atoms with Gasteiger partial charge in [-0.3, -0.25) is 4.90 Å². The van der Waals surface area contributed by atoms with Crippen LogP contribution in [0, 0.1) is 0 Å². The second-order valence-corrected chi connectivity index (χ2v) is 4.90. The number of amides is 1. The summed E-state index contributed by atoms with van der Waals surface area (Å²) in [6.07, 6.45) is 1.19. The van der Waals surface area contributed by atoms with Gasteiger partial charge >= 0.3 is 6.09 Å². The molecule has 2 atom stereocenters. The van der Waals surface area contributed by atoms with E-state index in [0.29, 0.717) is 6.04 Å². The first kappa shape index (κ1) is 12.9. The van der Waals surface area contributed by atoms with Crippen LogP contribution in [0.4, 0.5) is 4.79 Å². The fourth-order valence-corrected chi connectivity index (χ4v) is 2.44. The minimum atomic E-state index is -0.672. The highest BCUT2D eigenvalue weighted by Gasteiger charge is 2.27. The van der Waals surface area contributed by atoms with Gasteiger partial charge in [-0.25, -0.2) is 4.79 Å². The summed E-state index contributed by atoms with van der Waals surface area (Å²) in [5, 5.41) is 0. The Labute approximate surface area is 108 Å². The van der Waals surface area contributed by atoms with E-state index in [1.54, 1.807) is 0 Å². The Morgan fingerprint density at radius 2 is 2.11 bits per heavy atom. The fraction of sp³-hybridized carbons (Fsp3) is 0.500. The first-order chi connectivity index (χ1) is 8.65. The molecule has 1 amide bonds. The van der Waals surface area contributed by atoms with E-state index >= 15 is 0 Å². The highest BCUT2D eigenvalue weighted by Crippen LogP contribution is 2.21. The normalized spacial score (nSPS) is 24.7. The molecule has 98 valence electrons. The Bertz CT molecular complexity index is 394. The van der Waals surface area contributed by atoms with Gasteiger partial charge in [-0.05, 0) is 25.3 Å². The molecule has 1 aromatic carbocycles. The number of benzene rings is 1. The number of carbonyl (C=O) groups excluding carboxylic acids is 1. The van der Waals surface area contributed by atoms with E-state index in [1.807, 2.05) is 18.2 Å². The third-order valence-corrected chi connectivity index (χ3v) is 3.48. The highest BCUT2D eigenvalue weighted by atomic mass is 16.6. The van der Waals surface area contributed by atoms with E-state index in [-0.39, 0.29) is 6.10 Å². The SMILES string of the molecule is C[C@H]1CC[C@H](OC(N)=O)CN1Cc1ccccc1. The van der Waals surface area contributed by atoms with Crippen LogP contribution in [0.25, 0.3) is 0 Å². The topological polar surface area (TPSA) is 55.6 Å². The smallest absolute Gasteiger partial charge is 0.404 e. The third-order valence-electron chi connectivity index (χ3n) is 3.48. The van der Waals surface area contributed by atoms with Crippen molar-refractivity contribution in [1.29, 1.82) is 0 Å². The number of ether oxygens (including phenoxy) is 1. The van der Waals surface area contributed by atoms with Gasteiger partial charge in [-0.15, -0.1) is 0 Å². The molecule has 1 aliphatic rings. The zero-order chi connectivity index (χ0) is 13.0. The molecule has 1 aliphatic heterocycles. The van der Waals surface area contributed by atoms with Crippen LogP contribution >= 0.6 is 0 Å². The number of rotatable bonds is 3. The number of carbonyl (C=O) groups is 1. The first-order valence-electron chi connectivity index (χ1n) is 6.39. The number of piperidine rings is 1. The van der Waals surface area contributed by atoms with E-state index < -0.39 is 6.09 Å². The van der Waals surface area contributed by atoms with Crippen LogP contribution in [0.1, 0.15) is 25.3 Å². The largest absolute Gasteiger partial charge is 0.445 e. The summed E-state index contributed by atoms with van der Waals surface area (Å²) in [6.45, 7) is 3.86. The van der Waals surface area contributed by atoms with Crippen molar-refractivity contribution in [3.63, 3.8) is 0 Å². The maximum absolute atomic E-state index is 10.8. The highest BCUT2D eigenvalue weighted by molar-refractivity contribution is 5.64. The van der Waals surface area contributed by atoms with Crippen molar-refractivity contribution in [1.82, 2.24) is 4.90 Å². The molecule has 1 heterocycles. The molecule has 1 aromatic rings. The Morgan fingerprint density at radius 1 is 1.39 bits per heavy atom. The summed E-state index contributed by atoms with van der Waals surface area (Å²) in [4.78, 5) is 13.1. The maximum Gasteiger partial charge on any atom is 0.404 e. The predicted octanol–water partition coefficient (Wildman–Crippen LogP) is 2.13. The van der Waals surface area contributed by atoms with Crippen molar-refractivity contribution >= 4 is 6.09 Å². The molecule has 0 aliphatic carbocycles. The number of hydrogen-bond donors (Lipinski definition) is 1. The van der Waals surface area contributed by atoms with Crippen LogP contribution < -0.4 is 5.73 Å². The first-order valence-corrected chi connectivity index (χ1v) is 6.39. The van der Waals surface area contributed by atoms with Crippen LogP contribution in [-0.4, -0.2) is 29.7 Å². The fourth-order valence-electron chi connectivity index (χ4n) is 2.44. The molecule has 0 unspecified atom stereocenters. The van der Waals surface area contributed by atoms with E-state index in [1.165, 1.54) is 5.56 Å². The lowest BCUT2D eigenvalue weighted by atomic mass is 10.0. The van der Waals surface area contributed by atoms with Gasteiger partial charge in [0.1, 0.15) is 6.10 Å². The van der Waals surface area contributed by atoms with E-state index in [2.05, 4.69) is 24.0 Å². The van der Waals surface area contributed by atoms with Crippen molar-refractivity contribution in [2.24, 2.45) is 5.73 Å². The molecule has 18 heavy (non-hydrogen) atoms. The number of nitrogens with two attached hydrogens (primary N) is 1. The summed E-state index contributed by atoms with van der Waals surface area (Å²) in [6, 6.07) is 10.8. The van der Waals surface area contributed by atoms with Gasteiger partial charge in [0.25, 0.3) is 0 Å². The van der Waals surface area contributed by atoms with Crippen LogP contribution in [0.15, 0.2) is 30.3 Å². The Hall–Kier alpha value is -1.55. The molecular weight excluding hydrogens is 228 g/mol. The van der Waals surface area contributed by atoms with Crippen molar-refractivity contribution in [2.75, 3.05) is 6.54 Å². The van der Waals surface area contributed by atoms with E-state index in [4.69, 9.17) is 10.5 Å². The summed E-state index contributed by atoms with van der Waals surface area (Å²) >= 11 is 0. The van der Waals surface area contributed by atoms with Crippen molar-refractivity contribution in [2.45, 2.75) is 38.5 Å². The van der Waals surface area contributed by atoms with Crippen molar-refractivity contribution in [3.8, 4) is 0 Å². The zero-order valence-corrected chi connectivity index (χ0v) is 10.7. The predicted molar refractivity (Wildman–Crippen MR) is 70.0 cm³/mol. The Balaban J connectivity index is 1.95. The quantitative estimate of drug-likeness (QED) is 0.891. The minimum absolute atomic E-state index is 0.0672. The van der Waals surface area contributed by atoms with Gasteiger partial charge in [0, 0.05) is 19.1 Å². The van der Waals surface area contributed by atoms with Crippen molar-refractivity contribution < 1.29 is 9.53 Å². The third kappa shape index (κ3) is 3.47. The monoisotopic (exact) mass is 248 g/mol. The lowest BCUT2D eigenvalue weighted by Crippen LogP contribution is -2.45. The summed E-state index contributed by atoms with van der Waals surface area (Å²) in [5.41, 5.74) is 6.36. The van der Waals surface area contributed by atoms with Crippen molar-refractivity contribution in [3.05, 3.63) is 35.9 Å². The molecule has 2 rings (SSSR count). The Kier molecular flexibility index (Phi) is 4.20. The summed E-state index contributed by atoms with van der Waals surface area (Å²) < 4.78 is 5.10. The molecule has 4 nitrogen and oxygen atoms in total. The summed E-state index contributed by atoms with van der Waals surface area (Å²) in [5.74, 6) is 0. The molecule has 2 N–H and O–H groups in total. The van der Waals surface area contributed by atoms with Gasteiger partial charge in [0.2, 0.25) is 0 Å². The van der Waals surface area contributed by atoms with Gasteiger partial charge < -0.3 is 10.5 Å². The molecule has 0 saturated carbocycles. The molecule has 0 radical (unpaired) electrons. The van der Waals surface area contributed by atoms with Crippen LogP contribution in [0.2, 0.25) is 0 Å². The standard InChI is InChI=1S/C14H20N2O2/c1-11-7-8-13(18-14(15)17)10-16(11)9-12-5-3-2-4-6-12/h2-6,11,13H,7-10H2,1H3,(H2,15,17)/t11-,13-/m0/s1. The molecule has 4 heteroatoms. The summed E-state index contributed by atoms with van der Waals surface area (Å²) in [7, 11) is 0. The molecule has 0 spiro atoms. The van der Waals surface area contributed by atoms with E-state index in [0.717, 1.165) is 25.9 Å². The molecule has 0 aromatic heterocycles. The molecular formula is C14H20N2O2. The molecule has 0 bridgehead atoms. The lowest BCUT2D eigenvalue weighted by molar-refractivity contribution is 0.0221. The number of hydrogen-bond acceptors (Lipinski definition) is 3. The maximum atomic E-state index is 10.8. The van der Waals surface area contributed by atoms with Gasteiger partial charge in [-0.2, -0.15) is 0 Å². The average Bonchev–Trinajstić information content (AvgIpc) is 2.34. The van der Waals surface area contributed by atoms with Gasteiger partial charge in [-0.1, -0.05) is 30.3 Å². The van der Waals surface area contributed by atoms with Crippen LogP contribution in [-0.2, 0) is 11.3 Å². The van der Waals surface area contributed by atoms with Crippen LogP contribution in [0.5, 0.6) is 0 Å². The average molecular weight is 248 g/mol. The molecule has 1 fully saturated rings. The minimum Gasteiger partial charge on any atom is -0.445 e. The number of likely N-dealkylation sites (tertiary alicyclic amines) is 1. The second kappa shape index (κ2) is 5.87. The number of nitrogens with zero attached hydrogens (tertiary/aromatic N) is 1. The second-order valence-electron chi connectivity index (χ2n) is 4.90. The molecule has 1 saturated heterocycles. The van der Waals surface area contributed by atoms with Crippen LogP contribution in [0.3, 0.4) is 0 Å². The lowest BCUT2D eigenvalue weighted by Gasteiger charge is -2.37. The zero-order valence-electron chi connectivity index (χ0n) is 10.7.